The Bertz CT molecular complexity index is 1330. The van der Waals surface area contributed by atoms with Crippen LogP contribution in [0.3, 0.4) is 0 Å². The highest BCUT2D eigenvalue weighted by molar-refractivity contribution is 8.15. The first-order chi connectivity index (χ1) is 16.7. The minimum Gasteiger partial charge on any atom is -0.361 e. The number of H-pyrrole nitrogens is 1. The van der Waals surface area contributed by atoms with Gasteiger partial charge in [-0.25, -0.2) is 4.99 Å². The Kier molecular flexibility index (Phi) is 6.44. The molecule has 7 heteroatoms. The van der Waals surface area contributed by atoms with Gasteiger partial charge in [-0.1, -0.05) is 66.4 Å². The first kappa shape index (κ1) is 22.0. The molecule has 1 saturated heterocycles. The van der Waals surface area contributed by atoms with Gasteiger partial charge in [0.25, 0.3) is 0 Å². The van der Waals surface area contributed by atoms with Crippen molar-refractivity contribution in [3.63, 3.8) is 0 Å². The van der Waals surface area contributed by atoms with Crippen LogP contribution in [0.4, 0.5) is 11.4 Å². The summed E-state index contributed by atoms with van der Waals surface area (Å²) in [5.74, 6) is -0.266. The lowest BCUT2D eigenvalue weighted by molar-refractivity contribution is -0.128. The zero-order valence-corrected chi connectivity index (χ0v) is 19.3. The minimum absolute atomic E-state index is 0.0808. The fraction of sp³-hybridized carbons (Fsp3) is 0.148. The maximum absolute atomic E-state index is 13.4. The Morgan fingerprint density at radius 1 is 0.971 bits per heavy atom. The molecular formula is C27H24N4O2S. The van der Waals surface area contributed by atoms with Crippen molar-refractivity contribution in [2.45, 2.75) is 18.1 Å². The molecule has 6 nitrogen and oxygen atoms in total. The fourth-order valence-corrected chi connectivity index (χ4v) is 5.20. The number of amides is 2. The van der Waals surface area contributed by atoms with E-state index in [1.165, 1.54) is 11.8 Å². The summed E-state index contributed by atoms with van der Waals surface area (Å²) in [5.41, 5.74) is 3.73. The Labute approximate surface area is 202 Å². The monoisotopic (exact) mass is 468 g/mol. The zero-order valence-electron chi connectivity index (χ0n) is 18.5. The van der Waals surface area contributed by atoms with Crippen LogP contribution in [-0.4, -0.2) is 38.7 Å². The molecule has 2 N–H and O–H groups in total. The number of anilines is 1. The van der Waals surface area contributed by atoms with Gasteiger partial charge in [0.2, 0.25) is 11.8 Å². The van der Waals surface area contributed by atoms with E-state index in [0.717, 1.165) is 27.8 Å². The molecule has 1 aliphatic rings. The molecule has 1 fully saturated rings. The van der Waals surface area contributed by atoms with E-state index >= 15 is 0 Å². The van der Waals surface area contributed by atoms with Crippen LogP contribution in [0.2, 0.25) is 0 Å². The van der Waals surface area contributed by atoms with Gasteiger partial charge in [-0.3, -0.25) is 14.5 Å². The molecule has 4 aromatic rings. The van der Waals surface area contributed by atoms with E-state index in [1.54, 1.807) is 4.90 Å². The number of nitrogens with zero attached hydrogens (tertiary/aromatic N) is 2. The number of hydrogen-bond donors (Lipinski definition) is 2. The van der Waals surface area contributed by atoms with Gasteiger partial charge >= 0.3 is 0 Å². The van der Waals surface area contributed by atoms with Crippen LogP contribution in [-0.2, 0) is 16.0 Å². The number of aromatic amines is 1. The summed E-state index contributed by atoms with van der Waals surface area (Å²) in [7, 11) is 0. The third-order valence-corrected chi connectivity index (χ3v) is 6.88. The number of hydrogen-bond acceptors (Lipinski definition) is 4. The highest BCUT2D eigenvalue weighted by Crippen LogP contribution is 2.32. The quantitative estimate of drug-likeness (QED) is 0.383. The zero-order chi connectivity index (χ0) is 23.3. The standard InChI is InChI=1S/C27H24N4O2S/c32-25(29-20-9-3-1-4-10-20)17-24-26(33)31(27(34-24)30-21-11-5-2-6-12-21)16-15-19-18-28-23-14-8-7-13-22(19)23/h1-14,18,24,28H,15-17H2,(H,29,32). The summed E-state index contributed by atoms with van der Waals surface area (Å²) < 4.78 is 0. The summed E-state index contributed by atoms with van der Waals surface area (Å²) in [5, 5.41) is 4.16. The smallest absolute Gasteiger partial charge is 0.242 e. The topological polar surface area (TPSA) is 77.6 Å². The number of para-hydroxylation sites is 3. The van der Waals surface area contributed by atoms with Crippen LogP contribution in [0.1, 0.15) is 12.0 Å². The molecule has 2 heterocycles. The molecule has 0 aliphatic carbocycles. The SMILES string of the molecule is O=C(CC1SC(=Nc2ccccc2)N(CCc2c[nH]c3ccccc23)C1=O)Nc1ccccc1. The van der Waals surface area contributed by atoms with E-state index in [-0.39, 0.29) is 18.2 Å². The first-order valence-corrected chi connectivity index (χ1v) is 12.1. The molecule has 3 aromatic carbocycles. The predicted octanol–water partition coefficient (Wildman–Crippen LogP) is 5.37. The van der Waals surface area contributed by atoms with Crippen molar-refractivity contribution in [3.05, 3.63) is 96.7 Å². The number of benzene rings is 3. The molecule has 0 radical (unpaired) electrons. The van der Waals surface area contributed by atoms with Crippen molar-refractivity contribution < 1.29 is 9.59 Å². The number of aliphatic imine (C=N–C) groups is 1. The van der Waals surface area contributed by atoms with Crippen molar-refractivity contribution in [2.24, 2.45) is 4.99 Å². The third kappa shape index (κ3) is 4.89. The highest BCUT2D eigenvalue weighted by atomic mass is 32.2. The Balaban J connectivity index is 1.34. The molecule has 2 amide bonds. The molecule has 0 spiro atoms. The highest BCUT2D eigenvalue weighted by Gasteiger charge is 2.39. The van der Waals surface area contributed by atoms with Crippen LogP contribution in [0.5, 0.6) is 0 Å². The van der Waals surface area contributed by atoms with Gasteiger partial charge in [0, 0.05) is 35.8 Å². The summed E-state index contributed by atoms with van der Waals surface area (Å²) in [6.45, 7) is 0.496. The molecule has 170 valence electrons. The average Bonchev–Trinajstić information content (AvgIpc) is 3.39. The number of rotatable bonds is 7. The molecule has 1 aromatic heterocycles. The van der Waals surface area contributed by atoms with E-state index in [9.17, 15) is 9.59 Å². The summed E-state index contributed by atoms with van der Waals surface area (Å²) in [6, 6.07) is 27.0. The first-order valence-electron chi connectivity index (χ1n) is 11.2. The maximum atomic E-state index is 13.4. The third-order valence-electron chi connectivity index (χ3n) is 5.71. The maximum Gasteiger partial charge on any atom is 0.242 e. The number of carbonyl (C=O) groups excluding carboxylic acids is 2. The van der Waals surface area contributed by atoms with Gasteiger partial charge in [-0.15, -0.1) is 0 Å². The van der Waals surface area contributed by atoms with Gasteiger partial charge in [-0.05, 0) is 42.3 Å². The number of carbonyl (C=O) groups is 2. The number of aromatic nitrogens is 1. The Morgan fingerprint density at radius 2 is 1.68 bits per heavy atom. The molecule has 34 heavy (non-hydrogen) atoms. The van der Waals surface area contributed by atoms with Gasteiger partial charge < -0.3 is 10.3 Å². The number of thioether (sulfide) groups is 1. The summed E-state index contributed by atoms with van der Waals surface area (Å²) >= 11 is 1.36. The number of nitrogens with one attached hydrogen (secondary N) is 2. The molecular weight excluding hydrogens is 444 g/mol. The van der Waals surface area contributed by atoms with Gasteiger partial charge in [0.05, 0.1) is 5.69 Å². The largest absolute Gasteiger partial charge is 0.361 e. The number of amidine groups is 1. The predicted molar refractivity (Wildman–Crippen MR) is 138 cm³/mol. The van der Waals surface area contributed by atoms with Crippen LogP contribution in [0.15, 0.2) is 96.1 Å². The summed E-state index contributed by atoms with van der Waals surface area (Å²) in [4.78, 5) is 35.7. The van der Waals surface area contributed by atoms with Crippen LogP contribution < -0.4 is 5.32 Å². The lowest BCUT2D eigenvalue weighted by Crippen LogP contribution is -2.35. The second-order valence-electron chi connectivity index (χ2n) is 8.05. The van der Waals surface area contributed by atoms with E-state index in [0.29, 0.717) is 18.1 Å². The number of fused-ring (bicyclic) bond motifs is 1. The molecule has 1 unspecified atom stereocenters. The normalized spacial score (nSPS) is 16.9. The molecule has 1 aliphatic heterocycles. The van der Waals surface area contributed by atoms with E-state index in [4.69, 9.17) is 4.99 Å². The van der Waals surface area contributed by atoms with E-state index < -0.39 is 5.25 Å². The second-order valence-corrected chi connectivity index (χ2v) is 9.22. The van der Waals surface area contributed by atoms with E-state index in [1.807, 2.05) is 85.1 Å². The molecule has 0 saturated carbocycles. The fourth-order valence-electron chi connectivity index (χ4n) is 4.02. The van der Waals surface area contributed by atoms with Gasteiger partial charge in [0.1, 0.15) is 5.25 Å². The van der Waals surface area contributed by atoms with Gasteiger partial charge in [-0.2, -0.15) is 0 Å². The Hall–Kier alpha value is -3.84. The van der Waals surface area contributed by atoms with Crippen molar-refractivity contribution in [1.82, 2.24) is 9.88 Å². The van der Waals surface area contributed by atoms with Crippen LogP contribution in [0.25, 0.3) is 10.9 Å². The van der Waals surface area contributed by atoms with E-state index in [2.05, 4.69) is 16.4 Å². The Morgan fingerprint density at radius 3 is 2.47 bits per heavy atom. The second kappa shape index (κ2) is 9.97. The lowest BCUT2D eigenvalue weighted by Gasteiger charge is -2.16. The van der Waals surface area contributed by atoms with Crippen LogP contribution in [0, 0.1) is 0 Å². The summed E-state index contributed by atoms with van der Waals surface area (Å²) in [6.07, 6.45) is 2.78. The van der Waals surface area contributed by atoms with Crippen molar-refractivity contribution in [1.29, 1.82) is 0 Å². The molecule has 1 atom stereocenters. The van der Waals surface area contributed by atoms with Crippen molar-refractivity contribution in [2.75, 3.05) is 11.9 Å². The van der Waals surface area contributed by atoms with Crippen LogP contribution >= 0.6 is 11.8 Å². The lowest BCUT2D eigenvalue weighted by atomic mass is 10.1. The van der Waals surface area contributed by atoms with Gasteiger partial charge in [0.15, 0.2) is 5.17 Å². The van der Waals surface area contributed by atoms with Crippen molar-refractivity contribution >= 4 is 51.0 Å². The van der Waals surface area contributed by atoms with Crippen molar-refractivity contribution in [3.8, 4) is 0 Å². The molecule has 0 bridgehead atoms. The minimum atomic E-state index is -0.505. The average molecular weight is 469 g/mol. The molecule has 5 rings (SSSR count).